The molecule has 2 aromatic heterocycles. The average Bonchev–Trinajstić information content (AvgIpc) is 2.57. The molecule has 0 saturated heterocycles. The van der Waals surface area contributed by atoms with E-state index in [4.69, 9.17) is 5.73 Å². The van der Waals surface area contributed by atoms with Crippen molar-refractivity contribution < 1.29 is 0 Å². The Morgan fingerprint density at radius 2 is 2.06 bits per heavy atom. The Labute approximate surface area is 115 Å². The number of aromatic nitrogens is 4. The summed E-state index contributed by atoms with van der Waals surface area (Å²) in [4.78, 5) is 8.72. The summed E-state index contributed by atoms with van der Waals surface area (Å²) in [5.74, 6) is 1.96. The highest BCUT2D eigenvalue weighted by molar-refractivity contribution is 9.10. The van der Waals surface area contributed by atoms with Gasteiger partial charge in [0.25, 0.3) is 0 Å². The molecule has 0 unspecified atom stereocenters. The largest absolute Gasteiger partial charge is 0.384 e. The SMILES string of the molecule is CCCc1nc(N)cc(-n2nc(C)c(Br)c2C)n1. The van der Waals surface area contributed by atoms with Crippen molar-refractivity contribution in [2.75, 3.05) is 5.73 Å². The Morgan fingerprint density at radius 3 is 2.61 bits per heavy atom. The third kappa shape index (κ3) is 2.38. The lowest BCUT2D eigenvalue weighted by atomic mass is 10.3. The quantitative estimate of drug-likeness (QED) is 0.946. The number of nitrogens with two attached hydrogens (primary N) is 1. The van der Waals surface area contributed by atoms with Crippen molar-refractivity contribution in [2.24, 2.45) is 0 Å². The first kappa shape index (κ1) is 13.0. The number of hydrogen-bond donors (Lipinski definition) is 1. The van der Waals surface area contributed by atoms with Crippen molar-refractivity contribution in [2.45, 2.75) is 33.6 Å². The highest BCUT2D eigenvalue weighted by Crippen LogP contribution is 2.22. The maximum atomic E-state index is 5.82. The molecule has 2 rings (SSSR count). The van der Waals surface area contributed by atoms with E-state index in [-0.39, 0.29) is 0 Å². The fourth-order valence-electron chi connectivity index (χ4n) is 1.79. The summed E-state index contributed by atoms with van der Waals surface area (Å²) in [6, 6.07) is 1.74. The molecule has 0 saturated carbocycles. The summed E-state index contributed by atoms with van der Waals surface area (Å²) >= 11 is 3.51. The summed E-state index contributed by atoms with van der Waals surface area (Å²) in [7, 11) is 0. The maximum Gasteiger partial charge on any atom is 0.159 e. The minimum Gasteiger partial charge on any atom is -0.384 e. The van der Waals surface area contributed by atoms with Crippen LogP contribution in [0.25, 0.3) is 5.82 Å². The molecule has 0 aliphatic carbocycles. The molecular formula is C12H16BrN5. The van der Waals surface area contributed by atoms with Gasteiger partial charge in [0.2, 0.25) is 0 Å². The second-order valence-electron chi connectivity index (χ2n) is 4.21. The number of halogens is 1. The summed E-state index contributed by atoms with van der Waals surface area (Å²) in [5.41, 5.74) is 7.76. The van der Waals surface area contributed by atoms with E-state index in [0.29, 0.717) is 5.82 Å². The molecule has 5 nitrogen and oxygen atoms in total. The molecule has 0 aliphatic heterocycles. The first-order valence-corrected chi connectivity index (χ1v) is 6.67. The third-order valence-electron chi connectivity index (χ3n) is 2.67. The van der Waals surface area contributed by atoms with E-state index >= 15 is 0 Å². The molecule has 0 fully saturated rings. The van der Waals surface area contributed by atoms with Crippen LogP contribution in [0.5, 0.6) is 0 Å². The average molecular weight is 310 g/mol. The Morgan fingerprint density at radius 1 is 1.33 bits per heavy atom. The van der Waals surface area contributed by atoms with Gasteiger partial charge in [-0.2, -0.15) is 5.10 Å². The zero-order valence-electron chi connectivity index (χ0n) is 10.7. The zero-order chi connectivity index (χ0) is 13.3. The molecule has 0 bridgehead atoms. The van der Waals surface area contributed by atoms with Crippen molar-refractivity contribution >= 4 is 21.7 Å². The van der Waals surface area contributed by atoms with Crippen LogP contribution in [0.15, 0.2) is 10.5 Å². The van der Waals surface area contributed by atoms with E-state index in [1.165, 1.54) is 0 Å². The Kier molecular flexibility index (Phi) is 3.65. The van der Waals surface area contributed by atoms with Gasteiger partial charge in [-0.15, -0.1) is 0 Å². The number of aryl methyl sites for hydroxylation is 2. The minimum atomic E-state index is 0.479. The van der Waals surface area contributed by atoms with Crippen LogP contribution in [0, 0.1) is 13.8 Å². The van der Waals surface area contributed by atoms with Crippen LogP contribution < -0.4 is 5.73 Å². The molecule has 6 heteroatoms. The third-order valence-corrected chi connectivity index (χ3v) is 3.82. The Bertz CT molecular complexity index is 576. The fraction of sp³-hybridized carbons (Fsp3) is 0.417. The molecule has 2 N–H and O–H groups in total. The van der Waals surface area contributed by atoms with Crippen molar-refractivity contribution in [3.8, 4) is 5.82 Å². The standard InChI is InChI=1S/C12H16BrN5/c1-4-5-10-15-9(14)6-11(16-10)18-8(3)12(13)7(2)17-18/h6H,4-5H2,1-3H3,(H2,14,15,16). The predicted molar refractivity (Wildman–Crippen MR) is 74.7 cm³/mol. The van der Waals surface area contributed by atoms with E-state index in [9.17, 15) is 0 Å². The fourth-order valence-corrected chi connectivity index (χ4v) is 2.04. The molecule has 0 radical (unpaired) electrons. The summed E-state index contributed by atoms with van der Waals surface area (Å²) in [6.07, 6.45) is 1.81. The second-order valence-corrected chi connectivity index (χ2v) is 5.01. The first-order chi connectivity index (χ1) is 8.52. The van der Waals surface area contributed by atoms with Gasteiger partial charge in [-0.3, -0.25) is 0 Å². The normalized spacial score (nSPS) is 10.9. The van der Waals surface area contributed by atoms with Crippen molar-refractivity contribution in [3.63, 3.8) is 0 Å². The summed E-state index contributed by atoms with van der Waals surface area (Å²) in [6.45, 7) is 6.03. The second kappa shape index (κ2) is 5.06. The van der Waals surface area contributed by atoms with Gasteiger partial charge in [-0.1, -0.05) is 6.92 Å². The molecule has 0 atom stereocenters. The molecule has 0 aromatic carbocycles. The van der Waals surface area contributed by atoms with Gasteiger partial charge in [0.15, 0.2) is 5.82 Å². The van der Waals surface area contributed by atoms with Crippen molar-refractivity contribution in [3.05, 3.63) is 27.8 Å². The lowest BCUT2D eigenvalue weighted by Gasteiger charge is -2.06. The monoisotopic (exact) mass is 309 g/mol. The molecule has 0 aliphatic rings. The van der Waals surface area contributed by atoms with Gasteiger partial charge >= 0.3 is 0 Å². The number of nitrogen functional groups attached to an aromatic ring is 1. The Hall–Kier alpha value is -1.43. The molecule has 0 amide bonds. The zero-order valence-corrected chi connectivity index (χ0v) is 12.3. The summed E-state index contributed by atoms with van der Waals surface area (Å²) < 4.78 is 2.79. The van der Waals surface area contributed by atoms with Crippen LogP contribution in [-0.2, 0) is 6.42 Å². The maximum absolute atomic E-state index is 5.82. The topological polar surface area (TPSA) is 69.6 Å². The predicted octanol–water partition coefficient (Wildman–Crippen LogP) is 2.58. The van der Waals surface area contributed by atoms with E-state index in [2.05, 4.69) is 37.9 Å². The van der Waals surface area contributed by atoms with Crippen LogP contribution in [0.1, 0.15) is 30.6 Å². The number of nitrogens with zero attached hydrogens (tertiary/aromatic N) is 4. The molecule has 2 aromatic rings. The van der Waals surface area contributed by atoms with Crippen molar-refractivity contribution in [1.29, 1.82) is 0 Å². The molecule has 18 heavy (non-hydrogen) atoms. The van der Waals surface area contributed by atoms with Gasteiger partial charge in [-0.25, -0.2) is 14.6 Å². The van der Waals surface area contributed by atoms with Crippen LogP contribution >= 0.6 is 15.9 Å². The lowest BCUT2D eigenvalue weighted by molar-refractivity contribution is 0.767. The van der Waals surface area contributed by atoms with Gasteiger partial charge in [-0.05, 0) is 36.2 Å². The number of hydrogen-bond acceptors (Lipinski definition) is 4. The first-order valence-electron chi connectivity index (χ1n) is 5.88. The van der Waals surface area contributed by atoms with Gasteiger partial charge in [0.05, 0.1) is 15.9 Å². The number of rotatable bonds is 3. The Balaban J connectivity index is 2.52. The lowest BCUT2D eigenvalue weighted by Crippen LogP contribution is -2.08. The van der Waals surface area contributed by atoms with E-state index < -0.39 is 0 Å². The smallest absolute Gasteiger partial charge is 0.159 e. The van der Waals surface area contributed by atoms with E-state index in [1.54, 1.807) is 10.7 Å². The van der Waals surface area contributed by atoms with E-state index in [0.717, 1.165) is 40.3 Å². The van der Waals surface area contributed by atoms with E-state index in [1.807, 2.05) is 13.8 Å². The van der Waals surface area contributed by atoms with Crippen LogP contribution in [0.2, 0.25) is 0 Å². The van der Waals surface area contributed by atoms with Crippen molar-refractivity contribution in [1.82, 2.24) is 19.7 Å². The minimum absolute atomic E-state index is 0.479. The van der Waals surface area contributed by atoms with Crippen LogP contribution in [0.4, 0.5) is 5.82 Å². The molecule has 2 heterocycles. The van der Waals surface area contributed by atoms with Crippen LogP contribution in [0.3, 0.4) is 0 Å². The molecule has 96 valence electrons. The van der Waals surface area contributed by atoms with Crippen LogP contribution in [-0.4, -0.2) is 19.7 Å². The number of anilines is 1. The highest BCUT2D eigenvalue weighted by atomic mass is 79.9. The molecular weight excluding hydrogens is 294 g/mol. The van der Waals surface area contributed by atoms with Gasteiger partial charge in [0, 0.05) is 12.5 Å². The highest BCUT2D eigenvalue weighted by Gasteiger charge is 2.12. The van der Waals surface area contributed by atoms with Gasteiger partial charge in [0.1, 0.15) is 11.6 Å². The van der Waals surface area contributed by atoms with Gasteiger partial charge < -0.3 is 5.73 Å². The molecule has 0 spiro atoms. The summed E-state index contributed by atoms with van der Waals surface area (Å²) in [5, 5.41) is 4.45.